The summed E-state index contributed by atoms with van der Waals surface area (Å²) in [7, 11) is 3.98. The Hall–Kier alpha value is -2.37. The third kappa shape index (κ3) is 3.83. The maximum absolute atomic E-state index is 12.8. The predicted octanol–water partition coefficient (Wildman–Crippen LogP) is 2.70. The summed E-state index contributed by atoms with van der Waals surface area (Å²) in [5.74, 6) is 2.21. The van der Waals surface area contributed by atoms with Gasteiger partial charge in [0, 0.05) is 44.9 Å². The molecule has 0 bridgehead atoms. The van der Waals surface area contributed by atoms with Crippen LogP contribution in [0.3, 0.4) is 0 Å². The number of aromatic nitrogens is 2. The van der Waals surface area contributed by atoms with Crippen LogP contribution in [0.1, 0.15) is 41.3 Å². The Morgan fingerprint density at radius 3 is 2.88 bits per heavy atom. The van der Waals surface area contributed by atoms with Crippen molar-refractivity contribution in [2.24, 2.45) is 0 Å². The number of piperidine rings is 1. The summed E-state index contributed by atoms with van der Waals surface area (Å²) in [4.78, 5) is 21.1. The molecule has 1 amide bonds. The Kier molecular flexibility index (Phi) is 5.06. The molecular formula is C19H26N4O2. The number of hydrogen-bond acceptors (Lipinski definition) is 5. The van der Waals surface area contributed by atoms with E-state index in [1.165, 1.54) is 5.56 Å². The largest absolute Gasteiger partial charge is 0.363 e. The van der Waals surface area contributed by atoms with Gasteiger partial charge in [0.1, 0.15) is 11.6 Å². The molecule has 0 spiro atoms. The van der Waals surface area contributed by atoms with Gasteiger partial charge in [0.2, 0.25) is 5.91 Å². The first-order chi connectivity index (χ1) is 12.0. The van der Waals surface area contributed by atoms with Gasteiger partial charge in [0.25, 0.3) is 0 Å². The monoisotopic (exact) mass is 342 g/mol. The zero-order valence-electron chi connectivity index (χ0n) is 15.5. The lowest BCUT2D eigenvalue weighted by Gasteiger charge is -2.33. The van der Waals surface area contributed by atoms with E-state index in [1.807, 2.05) is 43.9 Å². The van der Waals surface area contributed by atoms with E-state index in [-0.39, 0.29) is 5.91 Å². The van der Waals surface area contributed by atoms with Crippen molar-refractivity contribution in [1.29, 1.82) is 0 Å². The molecule has 1 fully saturated rings. The van der Waals surface area contributed by atoms with Gasteiger partial charge in [-0.1, -0.05) is 5.16 Å². The van der Waals surface area contributed by atoms with Gasteiger partial charge in [-0.25, -0.2) is 4.98 Å². The van der Waals surface area contributed by atoms with Crippen LogP contribution >= 0.6 is 0 Å². The first kappa shape index (κ1) is 17.5. The van der Waals surface area contributed by atoms with Crippen LogP contribution in [0.5, 0.6) is 0 Å². The molecule has 0 aromatic carbocycles. The third-order valence-electron chi connectivity index (χ3n) is 4.98. The van der Waals surface area contributed by atoms with Crippen LogP contribution in [0, 0.1) is 13.8 Å². The van der Waals surface area contributed by atoms with Crippen LogP contribution in [-0.4, -0.2) is 48.1 Å². The number of amides is 1. The molecule has 0 saturated carbocycles. The van der Waals surface area contributed by atoms with Crippen molar-refractivity contribution in [2.45, 2.75) is 39.0 Å². The second kappa shape index (κ2) is 7.25. The van der Waals surface area contributed by atoms with Crippen molar-refractivity contribution in [1.82, 2.24) is 15.0 Å². The summed E-state index contributed by atoms with van der Waals surface area (Å²) < 4.78 is 5.18. The van der Waals surface area contributed by atoms with E-state index in [2.05, 4.69) is 22.3 Å². The maximum atomic E-state index is 12.8. The van der Waals surface area contributed by atoms with Crippen molar-refractivity contribution in [2.75, 3.05) is 32.1 Å². The number of nitrogens with zero attached hydrogens (tertiary/aromatic N) is 4. The highest BCUT2D eigenvalue weighted by molar-refractivity contribution is 5.79. The Labute approximate surface area is 148 Å². The Balaban J connectivity index is 1.70. The van der Waals surface area contributed by atoms with Crippen molar-refractivity contribution in [3.05, 3.63) is 40.9 Å². The minimum absolute atomic E-state index is 0.154. The molecule has 3 heterocycles. The van der Waals surface area contributed by atoms with Crippen molar-refractivity contribution >= 4 is 11.7 Å². The number of carbonyl (C=O) groups excluding carboxylic acids is 1. The molecule has 0 aliphatic carbocycles. The third-order valence-corrected chi connectivity index (χ3v) is 4.98. The first-order valence-corrected chi connectivity index (χ1v) is 8.78. The average Bonchev–Trinajstić information content (AvgIpc) is 2.94. The minimum atomic E-state index is 0.154. The van der Waals surface area contributed by atoms with E-state index >= 15 is 0 Å². The molecule has 1 atom stereocenters. The molecule has 25 heavy (non-hydrogen) atoms. The van der Waals surface area contributed by atoms with Crippen molar-refractivity contribution in [3.8, 4) is 0 Å². The zero-order valence-corrected chi connectivity index (χ0v) is 15.5. The molecule has 1 aliphatic heterocycles. The molecule has 6 nitrogen and oxygen atoms in total. The number of hydrogen-bond donors (Lipinski definition) is 0. The smallest absolute Gasteiger partial charge is 0.227 e. The van der Waals surface area contributed by atoms with Gasteiger partial charge in [0.05, 0.1) is 12.1 Å². The van der Waals surface area contributed by atoms with Crippen molar-refractivity contribution in [3.63, 3.8) is 0 Å². The Bertz CT molecular complexity index is 734. The number of carbonyl (C=O) groups is 1. The molecule has 3 rings (SSSR count). The predicted molar refractivity (Wildman–Crippen MR) is 96.8 cm³/mol. The van der Waals surface area contributed by atoms with E-state index in [1.54, 1.807) is 0 Å². The number of likely N-dealkylation sites (tertiary alicyclic amines) is 1. The Morgan fingerprint density at radius 2 is 2.20 bits per heavy atom. The summed E-state index contributed by atoms with van der Waals surface area (Å²) in [6.07, 6.45) is 4.35. The summed E-state index contributed by atoms with van der Waals surface area (Å²) in [6.45, 7) is 5.34. The van der Waals surface area contributed by atoms with E-state index in [9.17, 15) is 4.79 Å². The van der Waals surface area contributed by atoms with E-state index in [0.717, 1.165) is 48.8 Å². The summed E-state index contributed by atoms with van der Waals surface area (Å²) in [5, 5.41) is 3.95. The first-order valence-electron chi connectivity index (χ1n) is 8.78. The molecular weight excluding hydrogens is 316 g/mol. The van der Waals surface area contributed by atoms with Gasteiger partial charge in [0.15, 0.2) is 0 Å². The molecule has 0 N–H and O–H groups in total. The fraction of sp³-hybridized carbons (Fsp3) is 0.526. The number of rotatable bonds is 4. The molecule has 0 radical (unpaired) electrons. The average molecular weight is 342 g/mol. The van der Waals surface area contributed by atoms with E-state index in [0.29, 0.717) is 12.3 Å². The van der Waals surface area contributed by atoms with Gasteiger partial charge in [-0.05, 0) is 44.4 Å². The van der Waals surface area contributed by atoms with E-state index < -0.39 is 0 Å². The number of aryl methyl sites for hydroxylation is 2. The Morgan fingerprint density at radius 1 is 1.40 bits per heavy atom. The lowest BCUT2D eigenvalue weighted by atomic mass is 9.90. The molecule has 2 aromatic heterocycles. The standard InChI is InChI=1S/C19H26N4O2/c1-13-17(14(2)25-21-13)11-19(24)23-9-5-6-16(12-23)15-7-8-20-18(10-15)22(3)4/h7-8,10,16H,5-6,9,11-12H2,1-4H3/t16-/m1/s1. The fourth-order valence-corrected chi connectivity index (χ4v) is 3.43. The minimum Gasteiger partial charge on any atom is -0.363 e. The van der Waals surface area contributed by atoms with E-state index in [4.69, 9.17) is 4.52 Å². The van der Waals surface area contributed by atoms with Gasteiger partial charge >= 0.3 is 0 Å². The lowest BCUT2D eigenvalue weighted by Crippen LogP contribution is -2.40. The zero-order chi connectivity index (χ0) is 18.0. The highest BCUT2D eigenvalue weighted by Gasteiger charge is 2.26. The second-order valence-electron chi connectivity index (χ2n) is 7.00. The number of pyridine rings is 1. The van der Waals surface area contributed by atoms with Crippen LogP contribution in [-0.2, 0) is 11.2 Å². The van der Waals surface area contributed by atoms with Crippen LogP contribution in [0.25, 0.3) is 0 Å². The normalized spacial score (nSPS) is 17.6. The van der Waals surface area contributed by atoms with Crippen LogP contribution in [0.15, 0.2) is 22.9 Å². The summed E-state index contributed by atoms with van der Waals surface area (Å²) >= 11 is 0. The molecule has 1 saturated heterocycles. The van der Waals surface area contributed by atoms with Gasteiger partial charge in [-0.2, -0.15) is 0 Å². The lowest BCUT2D eigenvalue weighted by molar-refractivity contribution is -0.131. The quantitative estimate of drug-likeness (QED) is 0.855. The van der Waals surface area contributed by atoms with Crippen LogP contribution in [0.4, 0.5) is 5.82 Å². The van der Waals surface area contributed by atoms with Gasteiger partial charge in [-0.15, -0.1) is 0 Å². The van der Waals surface area contributed by atoms with Gasteiger partial charge in [-0.3, -0.25) is 4.79 Å². The van der Waals surface area contributed by atoms with Gasteiger partial charge < -0.3 is 14.3 Å². The highest BCUT2D eigenvalue weighted by Crippen LogP contribution is 2.29. The molecule has 1 aliphatic rings. The maximum Gasteiger partial charge on any atom is 0.227 e. The topological polar surface area (TPSA) is 62.5 Å². The fourth-order valence-electron chi connectivity index (χ4n) is 3.43. The summed E-state index contributed by atoms with van der Waals surface area (Å²) in [5.41, 5.74) is 2.99. The molecule has 2 aromatic rings. The van der Waals surface area contributed by atoms with Crippen LogP contribution in [0.2, 0.25) is 0 Å². The molecule has 6 heteroatoms. The molecule has 134 valence electrons. The summed E-state index contributed by atoms with van der Waals surface area (Å²) in [6, 6.07) is 4.20. The number of anilines is 1. The second-order valence-corrected chi connectivity index (χ2v) is 7.00. The van der Waals surface area contributed by atoms with Crippen molar-refractivity contribution < 1.29 is 9.32 Å². The molecule has 0 unspecified atom stereocenters. The highest BCUT2D eigenvalue weighted by atomic mass is 16.5. The SMILES string of the molecule is Cc1noc(C)c1CC(=O)N1CCC[C@@H](c2ccnc(N(C)C)c2)C1. The van der Waals surface area contributed by atoms with Crippen LogP contribution < -0.4 is 4.90 Å².